The largest absolute Gasteiger partial charge is 0.502 e. The molecule has 0 aliphatic heterocycles. The van der Waals surface area contributed by atoms with Crippen molar-refractivity contribution in [2.75, 3.05) is 6.61 Å². The molecule has 0 radical (unpaired) electrons. The Kier molecular flexibility index (Phi) is 12.3. The van der Waals surface area contributed by atoms with Gasteiger partial charge in [-0.25, -0.2) is 0 Å². The Labute approximate surface area is 151 Å². The van der Waals surface area contributed by atoms with Crippen molar-refractivity contribution in [3.8, 4) is 0 Å². The summed E-state index contributed by atoms with van der Waals surface area (Å²) in [6, 6.07) is 0. The molecule has 0 bridgehead atoms. The average molecular weight is 339 g/mol. The zero-order valence-electron chi connectivity index (χ0n) is 16.2. The third-order valence-electron chi connectivity index (χ3n) is 5.82. The third kappa shape index (κ3) is 9.11. The second-order valence-electron chi connectivity index (χ2n) is 7.80. The van der Waals surface area contributed by atoms with E-state index >= 15 is 0 Å². The fraction of sp³-hybridized carbons (Fsp3) is 0.909. The highest BCUT2D eigenvalue weighted by Gasteiger charge is 2.35. The van der Waals surface area contributed by atoms with Gasteiger partial charge in [0.05, 0.1) is 18.5 Å². The van der Waals surface area contributed by atoms with Crippen molar-refractivity contribution in [1.29, 1.82) is 0 Å². The summed E-state index contributed by atoms with van der Waals surface area (Å²) < 4.78 is 5.22. The molecular formula is C22H42O2. The summed E-state index contributed by atoms with van der Waals surface area (Å²) in [4.78, 5) is 0. The number of hydrogen-bond donors (Lipinski definition) is 1. The molecule has 1 aliphatic carbocycles. The van der Waals surface area contributed by atoms with Gasteiger partial charge in [-0.3, -0.25) is 0 Å². The van der Waals surface area contributed by atoms with E-state index in [2.05, 4.69) is 13.5 Å². The lowest BCUT2D eigenvalue weighted by molar-refractivity contribution is -0.0510. The Bertz CT molecular complexity index is 296. The molecule has 0 heterocycles. The van der Waals surface area contributed by atoms with Gasteiger partial charge in [0.25, 0.3) is 0 Å². The molecule has 1 aliphatic rings. The van der Waals surface area contributed by atoms with Crippen molar-refractivity contribution in [2.45, 2.75) is 115 Å². The van der Waals surface area contributed by atoms with Crippen LogP contribution in [0.2, 0.25) is 0 Å². The van der Waals surface area contributed by atoms with E-state index in [-0.39, 0.29) is 0 Å². The van der Waals surface area contributed by atoms with Gasteiger partial charge < -0.3 is 9.84 Å². The Balaban J connectivity index is 2.31. The number of ether oxygens (including phenoxy) is 1. The van der Waals surface area contributed by atoms with E-state index in [1.807, 2.05) is 0 Å². The number of rotatable bonds is 15. The third-order valence-corrected chi connectivity index (χ3v) is 5.82. The quantitative estimate of drug-likeness (QED) is 0.264. The second kappa shape index (κ2) is 13.8. The average Bonchev–Trinajstić information content (AvgIpc) is 2.61. The smallest absolute Gasteiger partial charge is 0.0873 e. The molecule has 0 saturated heterocycles. The summed E-state index contributed by atoms with van der Waals surface area (Å²) in [6.45, 7) is 6.59. The highest BCUT2D eigenvalue weighted by atomic mass is 16.5. The van der Waals surface area contributed by atoms with Crippen LogP contribution in [0.15, 0.2) is 12.8 Å². The van der Waals surface area contributed by atoms with Gasteiger partial charge in [0.15, 0.2) is 0 Å². The lowest BCUT2D eigenvalue weighted by Gasteiger charge is -2.39. The molecule has 1 N–H and O–H groups in total. The first-order valence-corrected chi connectivity index (χ1v) is 10.7. The lowest BCUT2D eigenvalue weighted by atomic mass is 9.72. The SMILES string of the molecule is C=COCCCCC(O)(CCCCCCCCC)C1CCCCC1. The molecule has 24 heavy (non-hydrogen) atoms. The van der Waals surface area contributed by atoms with Crippen LogP contribution >= 0.6 is 0 Å². The minimum atomic E-state index is -0.419. The van der Waals surface area contributed by atoms with Crippen LogP contribution in [0.5, 0.6) is 0 Å². The van der Waals surface area contributed by atoms with E-state index in [9.17, 15) is 5.11 Å². The highest BCUT2D eigenvalue weighted by molar-refractivity contribution is 4.88. The molecular weight excluding hydrogens is 296 g/mol. The summed E-state index contributed by atoms with van der Waals surface area (Å²) in [5, 5.41) is 11.4. The molecule has 0 aromatic rings. The topological polar surface area (TPSA) is 29.5 Å². The first kappa shape index (κ1) is 21.5. The predicted octanol–water partition coefficient (Wildman–Crippen LogP) is 6.77. The minimum Gasteiger partial charge on any atom is -0.502 e. The fourth-order valence-corrected chi connectivity index (χ4v) is 4.26. The Hall–Kier alpha value is -0.500. The van der Waals surface area contributed by atoms with E-state index in [4.69, 9.17) is 4.74 Å². The zero-order chi connectivity index (χ0) is 17.5. The van der Waals surface area contributed by atoms with Gasteiger partial charge in [0, 0.05) is 0 Å². The van der Waals surface area contributed by atoms with Crippen LogP contribution in [0.25, 0.3) is 0 Å². The number of aliphatic hydroxyl groups is 1. The maximum atomic E-state index is 11.4. The molecule has 142 valence electrons. The van der Waals surface area contributed by atoms with Crippen LogP contribution in [0.3, 0.4) is 0 Å². The molecule has 0 aromatic carbocycles. The standard InChI is InChI=1S/C22H42O2/c1-3-5-6-7-8-9-13-18-22(23,19-14-15-20-24-4-2)21-16-11-10-12-17-21/h4,21,23H,2-3,5-20H2,1H3. The van der Waals surface area contributed by atoms with Crippen LogP contribution in [0.4, 0.5) is 0 Å². The van der Waals surface area contributed by atoms with Crippen LogP contribution < -0.4 is 0 Å². The molecule has 0 aromatic heterocycles. The van der Waals surface area contributed by atoms with Gasteiger partial charge in [0.1, 0.15) is 0 Å². The summed E-state index contributed by atoms with van der Waals surface area (Å²) >= 11 is 0. The lowest BCUT2D eigenvalue weighted by Crippen LogP contribution is -2.39. The van der Waals surface area contributed by atoms with Gasteiger partial charge in [-0.2, -0.15) is 0 Å². The summed E-state index contributed by atoms with van der Waals surface area (Å²) in [5.41, 5.74) is -0.419. The maximum Gasteiger partial charge on any atom is 0.0873 e. The van der Waals surface area contributed by atoms with Crippen molar-refractivity contribution in [3.05, 3.63) is 12.8 Å². The van der Waals surface area contributed by atoms with Crippen LogP contribution in [0.1, 0.15) is 110 Å². The van der Waals surface area contributed by atoms with E-state index < -0.39 is 5.60 Å². The maximum absolute atomic E-state index is 11.4. The summed E-state index contributed by atoms with van der Waals surface area (Å²) in [7, 11) is 0. The molecule has 1 unspecified atom stereocenters. The van der Waals surface area contributed by atoms with Crippen molar-refractivity contribution in [2.24, 2.45) is 5.92 Å². The number of unbranched alkanes of at least 4 members (excludes halogenated alkanes) is 7. The van der Waals surface area contributed by atoms with Gasteiger partial charge >= 0.3 is 0 Å². The van der Waals surface area contributed by atoms with Gasteiger partial charge in [-0.05, 0) is 44.4 Å². The van der Waals surface area contributed by atoms with E-state index in [0.29, 0.717) is 5.92 Å². The molecule has 2 heteroatoms. The first-order chi connectivity index (χ1) is 11.7. The van der Waals surface area contributed by atoms with Crippen molar-refractivity contribution in [3.63, 3.8) is 0 Å². The Morgan fingerprint density at radius 3 is 2.12 bits per heavy atom. The first-order valence-electron chi connectivity index (χ1n) is 10.7. The molecule has 1 rings (SSSR count). The van der Waals surface area contributed by atoms with E-state index in [1.54, 1.807) is 0 Å². The van der Waals surface area contributed by atoms with Crippen LogP contribution in [0, 0.1) is 5.92 Å². The fourth-order valence-electron chi connectivity index (χ4n) is 4.26. The second-order valence-corrected chi connectivity index (χ2v) is 7.80. The predicted molar refractivity (Wildman–Crippen MR) is 104 cm³/mol. The monoisotopic (exact) mass is 338 g/mol. The molecule has 1 saturated carbocycles. The molecule has 0 spiro atoms. The Morgan fingerprint density at radius 2 is 1.50 bits per heavy atom. The van der Waals surface area contributed by atoms with E-state index in [1.165, 1.54) is 83.3 Å². The zero-order valence-corrected chi connectivity index (χ0v) is 16.2. The molecule has 1 atom stereocenters. The van der Waals surface area contributed by atoms with Crippen LogP contribution in [-0.2, 0) is 4.74 Å². The van der Waals surface area contributed by atoms with Crippen molar-refractivity contribution < 1.29 is 9.84 Å². The highest BCUT2D eigenvalue weighted by Crippen LogP contribution is 2.39. The normalized spacial score (nSPS) is 18.2. The Morgan fingerprint density at radius 1 is 0.917 bits per heavy atom. The van der Waals surface area contributed by atoms with Gasteiger partial charge in [0.2, 0.25) is 0 Å². The van der Waals surface area contributed by atoms with Gasteiger partial charge in [-0.1, -0.05) is 77.7 Å². The molecule has 2 nitrogen and oxygen atoms in total. The van der Waals surface area contributed by atoms with Crippen LogP contribution in [-0.4, -0.2) is 17.3 Å². The van der Waals surface area contributed by atoms with Gasteiger partial charge in [-0.15, -0.1) is 0 Å². The van der Waals surface area contributed by atoms with Crippen molar-refractivity contribution >= 4 is 0 Å². The van der Waals surface area contributed by atoms with E-state index in [0.717, 1.165) is 32.3 Å². The summed E-state index contributed by atoms with van der Waals surface area (Å²) in [6.07, 6.45) is 21.3. The minimum absolute atomic E-state index is 0.419. The molecule has 0 amide bonds. The van der Waals surface area contributed by atoms with Crippen molar-refractivity contribution in [1.82, 2.24) is 0 Å². The molecule has 1 fully saturated rings. The number of hydrogen-bond acceptors (Lipinski definition) is 2. The summed E-state index contributed by atoms with van der Waals surface area (Å²) in [5.74, 6) is 0.534.